The zero-order valence-corrected chi connectivity index (χ0v) is 14.3. The van der Waals surface area contributed by atoms with Gasteiger partial charge in [-0.05, 0) is 53.7 Å². The van der Waals surface area contributed by atoms with E-state index in [1.165, 1.54) is 15.9 Å². The molecule has 0 spiro atoms. The van der Waals surface area contributed by atoms with Gasteiger partial charge in [-0.15, -0.1) is 5.10 Å². The summed E-state index contributed by atoms with van der Waals surface area (Å²) in [6.45, 7) is 1.44. The number of nitrogens with zero attached hydrogens (tertiary/aromatic N) is 5. The standard InChI is InChI=1S/C18H15N5O4/c1-12-18(25)22(15-4-2-3-5-16(15)26-12)10-17(24)27-14-8-6-13(7-9-14)23-11-19-20-21-23/h2-9,11-12H,10H2,1H3/t12-/m1/s1. The maximum absolute atomic E-state index is 12.4. The van der Waals surface area contributed by atoms with E-state index < -0.39 is 12.1 Å². The highest BCUT2D eigenvalue weighted by molar-refractivity contribution is 6.03. The fraction of sp³-hybridized carbons (Fsp3) is 0.167. The predicted octanol–water partition coefficient (Wildman–Crippen LogP) is 1.38. The van der Waals surface area contributed by atoms with E-state index in [0.717, 1.165) is 5.69 Å². The summed E-state index contributed by atoms with van der Waals surface area (Å²) in [6.07, 6.45) is 0.798. The molecule has 1 amide bonds. The van der Waals surface area contributed by atoms with Crippen LogP contribution in [-0.4, -0.2) is 44.7 Å². The molecular weight excluding hydrogens is 350 g/mol. The van der Waals surface area contributed by atoms with Crippen molar-refractivity contribution in [3.8, 4) is 17.2 Å². The van der Waals surface area contributed by atoms with Crippen molar-refractivity contribution in [2.75, 3.05) is 11.4 Å². The van der Waals surface area contributed by atoms with Crippen LogP contribution >= 0.6 is 0 Å². The summed E-state index contributed by atoms with van der Waals surface area (Å²) in [5.74, 6) is 0.0733. The van der Waals surface area contributed by atoms with Crippen LogP contribution in [-0.2, 0) is 9.59 Å². The zero-order valence-electron chi connectivity index (χ0n) is 14.3. The van der Waals surface area contributed by atoms with Crippen LogP contribution in [0.2, 0.25) is 0 Å². The van der Waals surface area contributed by atoms with Crippen LogP contribution in [0.4, 0.5) is 5.69 Å². The Balaban J connectivity index is 1.47. The molecule has 1 aromatic heterocycles. The van der Waals surface area contributed by atoms with Crippen LogP contribution in [0.25, 0.3) is 5.69 Å². The third kappa shape index (κ3) is 3.34. The first-order chi connectivity index (χ1) is 13.1. The number of aromatic nitrogens is 4. The van der Waals surface area contributed by atoms with E-state index in [1.54, 1.807) is 49.4 Å². The highest BCUT2D eigenvalue weighted by Crippen LogP contribution is 2.33. The SMILES string of the molecule is C[C@H]1Oc2ccccc2N(CC(=O)Oc2ccc(-n3cnnn3)cc2)C1=O. The van der Waals surface area contributed by atoms with Gasteiger partial charge in [0.05, 0.1) is 11.4 Å². The Hall–Kier alpha value is -3.75. The fourth-order valence-electron chi connectivity index (χ4n) is 2.76. The summed E-state index contributed by atoms with van der Waals surface area (Å²) in [6, 6.07) is 13.8. The number of para-hydroxylation sites is 2. The van der Waals surface area contributed by atoms with Crippen LogP contribution in [0.5, 0.6) is 11.5 Å². The number of benzene rings is 2. The van der Waals surface area contributed by atoms with Crippen LogP contribution in [0, 0.1) is 0 Å². The van der Waals surface area contributed by atoms with Crippen molar-refractivity contribution in [1.82, 2.24) is 20.2 Å². The van der Waals surface area contributed by atoms with E-state index in [4.69, 9.17) is 9.47 Å². The quantitative estimate of drug-likeness (QED) is 0.509. The molecule has 4 rings (SSSR count). The molecule has 0 unspecified atom stereocenters. The number of hydrogen-bond donors (Lipinski definition) is 0. The number of rotatable bonds is 4. The number of tetrazole rings is 1. The van der Waals surface area contributed by atoms with E-state index >= 15 is 0 Å². The Bertz CT molecular complexity index is 972. The van der Waals surface area contributed by atoms with E-state index in [1.807, 2.05) is 6.07 Å². The third-order valence-corrected chi connectivity index (χ3v) is 4.04. The smallest absolute Gasteiger partial charge is 0.331 e. The Morgan fingerprint density at radius 1 is 1.19 bits per heavy atom. The van der Waals surface area contributed by atoms with E-state index in [-0.39, 0.29) is 12.5 Å². The molecule has 0 saturated heterocycles. The lowest BCUT2D eigenvalue weighted by atomic mass is 10.2. The molecule has 27 heavy (non-hydrogen) atoms. The summed E-state index contributed by atoms with van der Waals surface area (Å²) in [5, 5.41) is 10.9. The number of esters is 1. The molecule has 0 fully saturated rings. The minimum absolute atomic E-state index is 0.210. The lowest BCUT2D eigenvalue weighted by Crippen LogP contribution is -2.47. The van der Waals surface area contributed by atoms with Crippen LogP contribution in [0.15, 0.2) is 54.9 Å². The number of carbonyl (C=O) groups excluding carboxylic acids is 2. The first-order valence-corrected chi connectivity index (χ1v) is 8.23. The maximum Gasteiger partial charge on any atom is 0.331 e. The largest absolute Gasteiger partial charge is 0.479 e. The van der Waals surface area contributed by atoms with E-state index in [0.29, 0.717) is 17.2 Å². The second-order valence-electron chi connectivity index (χ2n) is 5.87. The molecule has 0 radical (unpaired) electrons. The normalized spacial score (nSPS) is 15.8. The van der Waals surface area contributed by atoms with Crippen molar-refractivity contribution in [1.29, 1.82) is 0 Å². The topological polar surface area (TPSA) is 99.4 Å². The lowest BCUT2D eigenvalue weighted by Gasteiger charge is -2.32. The molecule has 1 atom stereocenters. The van der Waals surface area contributed by atoms with Gasteiger partial charge in [0, 0.05) is 0 Å². The van der Waals surface area contributed by atoms with Gasteiger partial charge in [-0.3, -0.25) is 9.69 Å². The predicted molar refractivity (Wildman–Crippen MR) is 93.7 cm³/mol. The van der Waals surface area contributed by atoms with Gasteiger partial charge in [0.25, 0.3) is 5.91 Å². The average Bonchev–Trinajstić information content (AvgIpc) is 3.21. The summed E-state index contributed by atoms with van der Waals surface area (Å²) < 4.78 is 12.4. The minimum atomic E-state index is -0.664. The molecular formula is C18H15N5O4. The van der Waals surface area contributed by atoms with E-state index in [2.05, 4.69) is 15.5 Å². The number of anilines is 1. The van der Waals surface area contributed by atoms with Gasteiger partial charge in [0.15, 0.2) is 6.10 Å². The van der Waals surface area contributed by atoms with Gasteiger partial charge in [0.2, 0.25) is 0 Å². The molecule has 0 aliphatic carbocycles. The Morgan fingerprint density at radius 2 is 1.96 bits per heavy atom. The molecule has 0 saturated carbocycles. The van der Waals surface area contributed by atoms with Crippen molar-refractivity contribution in [3.63, 3.8) is 0 Å². The minimum Gasteiger partial charge on any atom is -0.479 e. The van der Waals surface area contributed by atoms with Crippen LogP contribution < -0.4 is 14.4 Å². The van der Waals surface area contributed by atoms with Crippen LogP contribution in [0.3, 0.4) is 0 Å². The molecule has 1 aliphatic heterocycles. The molecule has 0 N–H and O–H groups in total. The third-order valence-electron chi connectivity index (χ3n) is 4.04. The van der Waals surface area contributed by atoms with Gasteiger partial charge in [-0.25, -0.2) is 9.48 Å². The highest BCUT2D eigenvalue weighted by Gasteiger charge is 2.32. The molecule has 2 aromatic carbocycles. The Labute approximate surface area is 154 Å². The van der Waals surface area contributed by atoms with Gasteiger partial charge < -0.3 is 9.47 Å². The summed E-state index contributed by atoms with van der Waals surface area (Å²) in [5.41, 5.74) is 1.28. The van der Waals surface area contributed by atoms with Crippen molar-refractivity contribution in [2.45, 2.75) is 13.0 Å². The summed E-state index contributed by atoms with van der Waals surface area (Å²) >= 11 is 0. The molecule has 0 bridgehead atoms. The molecule has 3 aromatic rings. The van der Waals surface area contributed by atoms with Crippen molar-refractivity contribution < 1.29 is 19.1 Å². The van der Waals surface area contributed by atoms with Crippen LogP contribution in [0.1, 0.15) is 6.92 Å². The lowest BCUT2D eigenvalue weighted by molar-refractivity contribution is -0.135. The van der Waals surface area contributed by atoms with Crippen molar-refractivity contribution in [2.24, 2.45) is 0 Å². The number of ether oxygens (including phenoxy) is 2. The van der Waals surface area contributed by atoms with Gasteiger partial charge in [-0.1, -0.05) is 12.1 Å². The first kappa shape index (κ1) is 16.7. The first-order valence-electron chi connectivity index (χ1n) is 8.23. The summed E-state index contributed by atoms with van der Waals surface area (Å²) in [4.78, 5) is 26.2. The van der Waals surface area contributed by atoms with Gasteiger partial charge >= 0.3 is 5.97 Å². The maximum atomic E-state index is 12.4. The second kappa shape index (κ2) is 6.87. The number of carbonyl (C=O) groups is 2. The Morgan fingerprint density at radius 3 is 2.70 bits per heavy atom. The molecule has 136 valence electrons. The zero-order chi connectivity index (χ0) is 18.8. The van der Waals surface area contributed by atoms with Gasteiger partial charge in [0.1, 0.15) is 24.4 Å². The van der Waals surface area contributed by atoms with E-state index in [9.17, 15) is 9.59 Å². The molecule has 9 nitrogen and oxygen atoms in total. The fourth-order valence-corrected chi connectivity index (χ4v) is 2.76. The molecule has 2 heterocycles. The van der Waals surface area contributed by atoms with Crippen molar-refractivity contribution in [3.05, 3.63) is 54.9 Å². The molecule has 1 aliphatic rings. The number of hydrogen-bond acceptors (Lipinski definition) is 7. The summed E-state index contributed by atoms with van der Waals surface area (Å²) in [7, 11) is 0. The number of amides is 1. The highest BCUT2D eigenvalue weighted by atomic mass is 16.5. The Kier molecular flexibility index (Phi) is 4.25. The second-order valence-corrected chi connectivity index (χ2v) is 5.87. The number of fused-ring (bicyclic) bond motifs is 1. The van der Waals surface area contributed by atoms with Gasteiger partial charge in [-0.2, -0.15) is 0 Å². The monoisotopic (exact) mass is 365 g/mol. The van der Waals surface area contributed by atoms with Crippen molar-refractivity contribution >= 4 is 17.6 Å². The molecule has 9 heteroatoms. The average molecular weight is 365 g/mol.